The summed E-state index contributed by atoms with van der Waals surface area (Å²) in [4.78, 5) is 11.7. The van der Waals surface area contributed by atoms with Crippen molar-refractivity contribution in [2.24, 2.45) is 0 Å². The van der Waals surface area contributed by atoms with E-state index in [1.165, 1.54) is 17.4 Å². The van der Waals surface area contributed by atoms with Gasteiger partial charge >= 0.3 is 5.97 Å². The molecular formula is C10H14BrNO4S2. The van der Waals surface area contributed by atoms with Gasteiger partial charge in [-0.15, -0.1) is 11.3 Å². The quantitative estimate of drug-likeness (QED) is 0.820. The Bertz CT molecular complexity index is 538. The van der Waals surface area contributed by atoms with Crippen molar-refractivity contribution in [3.63, 3.8) is 0 Å². The maximum Gasteiger partial charge on any atom is 0.321 e. The van der Waals surface area contributed by atoms with E-state index in [9.17, 15) is 13.2 Å². The van der Waals surface area contributed by atoms with Gasteiger partial charge in [0.25, 0.3) is 0 Å². The van der Waals surface area contributed by atoms with Gasteiger partial charge in [-0.05, 0) is 35.3 Å². The van der Waals surface area contributed by atoms with Crippen LogP contribution in [0.15, 0.2) is 14.7 Å². The Labute approximate surface area is 118 Å². The fraction of sp³-hybridized carbons (Fsp3) is 0.500. The third-order valence-electron chi connectivity index (χ3n) is 2.30. The highest BCUT2D eigenvalue weighted by molar-refractivity contribution is 9.11. The predicted octanol–water partition coefficient (Wildman–Crippen LogP) is 2.35. The summed E-state index contributed by atoms with van der Waals surface area (Å²) in [6.07, 6.45) is 0.852. The lowest BCUT2D eigenvalue weighted by molar-refractivity contribution is -0.139. The minimum absolute atomic E-state index is 0.127. The van der Waals surface area contributed by atoms with Crippen LogP contribution in [0.2, 0.25) is 0 Å². The number of aliphatic carboxylic acids is 1. The minimum Gasteiger partial charge on any atom is -0.480 e. The average Bonchev–Trinajstić information content (AvgIpc) is 2.57. The standard InChI is InChI=1S/C10H14BrNO4S2/c1-3-4-7(10(13)14)12-18(15,16)8-5-9(11)17-6(8)2/h5,7,12H,3-4H2,1-2H3,(H,13,14)/t7-/m0/s1. The Hall–Kier alpha value is -0.440. The molecule has 0 saturated carbocycles. The molecule has 1 aromatic rings. The monoisotopic (exact) mass is 355 g/mol. The zero-order chi connectivity index (χ0) is 13.9. The van der Waals surface area contributed by atoms with Crippen molar-refractivity contribution in [2.75, 3.05) is 0 Å². The van der Waals surface area contributed by atoms with Crippen LogP contribution in [0, 0.1) is 6.92 Å². The van der Waals surface area contributed by atoms with Crippen molar-refractivity contribution in [1.82, 2.24) is 4.72 Å². The van der Waals surface area contributed by atoms with Crippen LogP contribution in [-0.2, 0) is 14.8 Å². The zero-order valence-corrected chi connectivity index (χ0v) is 13.2. The van der Waals surface area contributed by atoms with Crippen LogP contribution in [0.1, 0.15) is 24.6 Å². The summed E-state index contributed by atoms with van der Waals surface area (Å²) in [5.41, 5.74) is 0. The maximum absolute atomic E-state index is 12.1. The smallest absolute Gasteiger partial charge is 0.321 e. The van der Waals surface area contributed by atoms with E-state index in [1.807, 2.05) is 0 Å². The van der Waals surface area contributed by atoms with Gasteiger partial charge in [-0.25, -0.2) is 8.42 Å². The van der Waals surface area contributed by atoms with Crippen LogP contribution >= 0.6 is 27.3 Å². The molecule has 0 radical (unpaired) electrons. The number of carboxylic acid groups (broad SMARTS) is 1. The minimum atomic E-state index is -3.79. The van der Waals surface area contributed by atoms with Gasteiger partial charge in [0, 0.05) is 4.88 Å². The average molecular weight is 356 g/mol. The second kappa shape index (κ2) is 6.14. The van der Waals surface area contributed by atoms with Crippen molar-refractivity contribution in [3.05, 3.63) is 14.7 Å². The molecule has 0 aromatic carbocycles. The molecule has 18 heavy (non-hydrogen) atoms. The van der Waals surface area contributed by atoms with Gasteiger partial charge in [0.2, 0.25) is 10.0 Å². The van der Waals surface area contributed by atoms with Gasteiger partial charge in [0.1, 0.15) is 6.04 Å². The van der Waals surface area contributed by atoms with E-state index in [0.29, 0.717) is 15.1 Å². The Kier molecular flexibility index (Phi) is 5.32. The fourth-order valence-corrected chi connectivity index (χ4v) is 5.11. The molecular weight excluding hydrogens is 342 g/mol. The summed E-state index contributed by atoms with van der Waals surface area (Å²) >= 11 is 4.51. The van der Waals surface area contributed by atoms with Gasteiger partial charge in [-0.3, -0.25) is 4.79 Å². The van der Waals surface area contributed by atoms with Crippen LogP contribution in [0.4, 0.5) is 0 Å². The highest BCUT2D eigenvalue weighted by Gasteiger charge is 2.26. The number of rotatable bonds is 6. The van der Waals surface area contributed by atoms with Crippen LogP contribution in [0.5, 0.6) is 0 Å². The van der Waals surface area contributed by atoms with Crippen LogP contribution in [0.3, 0.4) is 0 Å². The number of nitrogens with one attached hydrogen (secondary N) is 1. The topological polar surface area (TPSA) is 83.5 Å². The number of carboxylic acids is 1. The van der Waals surface area contributed by atoms with E-state index in [-0.39, 0.29) is 11.3 Å². The summed E-state index contributed by atoms with van der Waals surface area (Å²) < 4.78 is 27.1. The molecule has 0 spiro atoms. The molecule has 0 amide bonds. The Morgan fingerprint density at radius 1 is 1.61 bits per heavy atom. The van der Waals surface area contributed by atoms with E-state index in [1.54, 1.807) is 13.8 Å². The van der Waals surface area contributed by atoms with E-state index < -0.39 is 22.0 Å². The Morgan fingerprint density at radius 3 is 2.61 bits per heavy atom. The van der Waals surface area contributed by atoms with Crippen molar-refractivity contribution in [2.45, 2.75) is 37.6 Å². The molecule has 2 N–H and O–H groups in total. The number of sulfonamides is 1. The maximum atomic E-state index is 12.1. The number of thiophene rings is 1. The van der Waals surface area contributed by atoms with Crippen LogP contribution < -0.4 is 4.72 Å². The fourth-order valence-electron chi connectivity index (χ4n) is 1.47. The normalized spacial score (nSPS) is 13.5. The lowest BCUT2D eigenvalue weighted by Crippen LogP contribution is -2.40. The van der Waals surface area contributed by atoms with Gasteiger partial charge < -0.3 is 5.11 Å². The highest BCUT2D eigenvalue weighted by Crippen LogP contribution is 2.29. The number of hydrogen-bond acceptors (Lipinski definition) is 4. The second-order valence-corrected chi connectivity index (χ2v) is 8.09. The molecule has 102 valence electrons. The lowest BCUT2D eigenvalue weighted by atomic mass is 10.2. The summed E-state index contributed by atoms with van der Waals surface area (Å²) in [6.45, 7) is 3.48. The number of hydrogen-bond donors (Lipinski definition) is 2. The van der Waals surface area contributed by atoms with Crippen LogP contribution in [-0.4, -0.2) is 25.5 Å². The third kappa shape index (κ3) is 3.78. The SMILES string of the molecule is CCC[C@H](NS(=O)(=O)c1cc(Br)sc1C)C(=O)O. The molecule has 1 heterocycles. The van der Waals surface area contributed by atoms with Gasteiger partial charge in [0.05, 0.1) is 8.68 Å². The van der Waals surface area contributed by atoms with E-state index >= 15 is 0 Å². The van der Waals surface area contributed by atoms with Gasteiger partial charge in [-0.1, -0.05) is 13.3 Å². The lowest BCUT2D eigenvalue weighted by Gasteiger charge is -2.13. The largest absolute Gasteiger partial charge is 0.480 e. The predicted molar refractivity (Wildman–Crippen MR) is 73.4 cm³/mol. The first-order chi connectivity index (χ1) is 8.27. The molecule has 1 atom stereocenters. The highest BCUT2D eigenvalue weighted by atomic mass is 79.9. The molecule has 8 heteroatoms. The van der Waals surface area contributed by atoms with Crippen molar-refractivity contribution in [1.29, 1.82) is 0 Å². The van der Waals surface area contributed by atoms with Crippen molar-refractivity contribution in [3.8, 4) is 0 Å². The first kappa shape index (κ1) is 15.6. The van der Waals surface area contributed by atoms with E-state index in [0.717, 1.165) is 0 Å². The first-order valence-corrected chi connectivity index (χ1v) is 8.38. The molecule has 0 aliphatic carbocycles. The van der Waals surface area contributed by atoms with Gasteiger partial charge in [0.15, 0.2) is 0 Å². The number of halogens is 1. The van der Waals surface area contributed by atoms with Gasteiger partial charge in [-0.2, -0.15) is 4.72 Å². The van der Waals surface area contributed by atoms with Crippen LogP contribution in [0.25, 0.3) is 0 Å². The third-order valence-corrected chi connectivity index (χ3v) is 5.59. The van der Waals surface area contributed by atoms with Crippen molar-refractivity contribution < 1.29 is 18.3 Å². The molecule has 0 aliphatic heterocycles. The van der Waals surface area contributed by atoms with E-state index in [2.05, 4.69) is 20.7 Å². The molecule has 0 bridgehead atoms. The Balaban J connectivity index is 3.00. The molecule has 0 fully saturated rings. The molecule has 5 nitrogen and oxygen atoms in total. The van der Waals surface area contributed by atoms with Crippen molar-refractivity contribution >= 4 is 43.3 Å². The molecule has 1 aromatic heterocycles. The number of aryl methyl sites for hydroxylation is 1. The number of carbonyl (C=O) groups is 1. The summed E-state index contributed by atoms with van der Waals surface area (Å²) in [5, 5.41) is 8.96. The molecule has 1 rings (SSSR count). The zero-order valence-electron chi connectivity index (χ0n) is 9.94. The summed E-state index contributed by atoms with van der Waals surface area (Å²) in [5.74, 6) is -1.16. The first-order valence-electron chi connectivity index (χ1n) is 5.29. The molecule has 0 unspecified atom stereocenters. The second-order valence-electron chi connectivity index (χ2n) is 3.77. The van der Waals surface area contributed by atoms with E-state index in [4.69, 9.17) is 5.11 Å². The summed E-state index contributed by atoms with van der Waals surface area (Å²) in [7, 11) is -3.79. The molecule has 0 saturated heterocycles. The summed E-state index contributed by atoms with van der Waals surface area (Å²) in [6, 6.07) is 0.394. The Morgan fingerprint density at radius 2 is 2.22 bits per heavy atom. The molecule has 0 aliphatic rings.